The van der Waals surface area contributed by atoms with Crippen molar-refractivity contribution >= 4 is 23.2 Å². The zero-order valence-electron chi connectivity index (χ0n) is 11.4. The monoisotopic (exact) mass is 282 g/mol. The van der Waals surface area contributed by atoms with Crippen LogP contribution in [0.1, 0.15) is 17.3 Å². The van der Waals surface area contributed by atoms with E-state index in [-0.39, 0.29) is 11.6 Å². The highest BCUT2D eigenvalue weighted by Gasteiger charge is 2.08. The smallest absolute Gasteiger partial charge is 0.271 e. The molecule has 2 amide bonds. The van der Waals surface area contributed by atoms with E-state index in [1.54, 1.807) is 24.3 Å². The summed E-state index contributed by atoms with van der Waals surface area (Å²) in [6, 6.07) is 12.1. The third-order valence-electron chi connectivity index (χ3n) is 2.63. The third kappa shape index (κ3) is 4.24. The molecule has 0 aliphatic rings. The van der Waals surface area contributed by atoms with Gasteiger partial charge in [-0.1, -0.05) is 18.2 Å². The highest BCUT2D eigenvalue weighted by atomic mass is 16.2. The molecule has 106 valence electrons. The average molecular weight is 282 g/mol. The van der Waals surface area contributed by atoms with Crippen LogP contribution >= 0.6 is 0 Å². The first kappa shape index (κ1) is 14.4. The van der Waals surface area contributed by atoms with E-state index in [1.165, 1.54) is 19.3 Å². The number of hydrogen-bond acceptors (Lipinski definition) is 4. The van der Waals surface area contributed by atoms with Gasteiger partial charge in [0.05, 0.1) is 0 Å². The van der Waals surface area contributed by atoms with Gasteiger partial charge < -0.3 is 5.32 Å². The molecule has 1 aromatic carbocycles. The van der Waals surface area contributed by atoms with Crippen molar-refractivity contribution < 1.29 is 9.59 Å². The van der Waals surface area contributed by atoms with Gasteiger partial charge in [0.1, 0.15) is 5.71 Å². The molecule has 0 aliphatic carbocycles. The Bertz CT molecular complexity index is 654. The van der Waals surface area contributed by atoms with Gasteiger partial charge in [-0.25, -0.2) is 5.43 Å². The predicted molar refractivity (Wildman–Crippen MR) is 79.9 cm³/mol. The van der Waals surface area contributed by atoms with Gasteiger partial charge in [-0.3, -0.25) is 14.6 Å². The molecule has 21 heavy (non-hydrogen) atoms. The van der Waals surface area contributed by atoms with Crippen molar-refractivity contribution in [2.75, 3.05) is 5.32 Å². The number of nitrogens with one attached hydrogen (secondary N) is 2. The number of carbonyl (C=O) groups is 2. The van der Waals surface area contributed by atoms with Crippen molar-refractivity contribution in [1.29, 1.82) is 0 Å². The lowest BCUT2D eigenvalue weighted by molar-refractivity contribution is -0.110. The molecule has 0 saturated carbocycles. The molecule has 0 bridgehead atoms. The Morgan fingerprint density at radius 2 is 1.71 bits per heavy atom. The van der Waals surface area contributed by atoms with Crippen LogP contribution < -0.4 is 10.7 Å². The lowest BCUT2D eigenvalue weighted by atomic mass is 10.2. The highest BCUT2D eigenvalue weighted by Crippen LogP contribution is 2.04. The summed E-state index contributed by atoms with van der Waals surface area (Å²) in [4.78, 5) is 27.4. The molecule has 0 aliphatic heterocycles. The van der Waals surface area contributed by atoms with Gasteiger partial charge in [-0.2, -0.15) is 5.10 Å². The van der Waals surface area contributed by atoms with Crippen LogP contribution in [0.2, 0.25) is 0 Å². The van der Waals surface area contributed by atoms with Crippen LogP contribution in [0.3, 0.4) is 0 Å². The van der Waals surface area contributed by atoms with Gasteiger partial charge in [-0.15, -0.1) is 0 Å². The zero-order valence-corrected chi connectivity index (χ0v) is 11.4. The molecule has 0 saturated heterocycles. The van der Waals surface area contributed by atoms with Gasteiger partial charge in [0, 0.05) is 23.6 Å². The van der Waals surface area contributed by atoms with E-state index in [0.29, 0.717) is 11.3 Å². The summed E-state index contributed by atoms with van der Waals surface area (Å²) in [5, 5.41) is 6.46. The van der Waals surface area contributed by atoms with Crippen molar-refractivity contribution in [3.8, 4) is 0 Å². The SMILES string of the molecule is CC(=NNC(=O)c1ccncc1)C(=O)Nc1ccccc1. The molecule has 0 fully saturated rings. The first-order chi connectivity index (χ1) is 10.2. The summed E-state index contributed by atoms with van der Waals surface area (Å²) in [6.07, 6.45) is 3.02. The molecule has 0 spiro atoms. The summed E-state index contributed by atoms with van der Waals surface area (Å²) >= 11 is 0. The van der Waals surface area contributed by atoms with Gasteiger partial charge in [0.2, 0.25) is 0 Å². The van der Waals surface area contributed by atoms with E-state index in [4.69, 9.17) is 0 Å². The Morgan fingerprint density at radius 3 is 2.38 bits per heavy atom. The van der Waals surface area contributed by atoms with E-state index in [1.807, 2.05) is 18.2 Å². The Morgan fingerprint density at radius 1 is 1.05 bits per heavy atom. The van der Waals surface area contributed by atoms with Crippen LogP contribution in [0.25, 0.3) is 0 Å². The minimum absolute atomic E-state index is 0.154. The maximum atomic E-state index is 11.9. The van der Waals surface area contributed by atoms with Crippen LogP contribution in [0, 0.1) is 0 Å². The molecule has 6 heteroatoms. The van der Waals surface area contributed by atoms with E-state index in [9.17, 15) is 9.59 Å². The normalized spacial score (nSPS) is 10.8. The molecule has 2 aromatic rings. The second-order valence-corrected chi connectivity index (χ2v) is 4.19. The lowest BCUT2D eigenvalue weighted by Gasteiger charge is -2.05. The summed E-state index contributed by atoms with van der Waals surface area (Å²) in [5.41, 5.74) is 3.57. The minimum Gasteiger partial charge on any atom is -0.321 e. The van der Waals surface area contributed by atoms with Gasteiger partial charge in [-0.05, 0) is 31.2 Å². The quantitative estimate of drug-likeness (QED) is 0.663. The minimum atomic E-state index is -0.399. The molecule has 0 atom stereocenters. The number of anilines is 1. The molecule has 2 N–H and O–H groups in total. The van der Waals surface area contributed by atoms with Crippen molar-refractivity contribution in [3.63, 3.8) is 0 Å². The Balaban J connectivity index is 1.95. The number of amides is 2. The van der Waals surface area contributed by atoms with Crippen LogP contribution in [0.4, 0.5) is 5.69 Å². The fourth-order valence-corrected chi connectivity index (χ4v) is 1.50. The first-order valence-corrected chi connectivity index (χ1v) is 6.28. The number of rotatable bonds is 4. The molecular weight excluding hydrogens is 268 g/mol. The third-order valence-corrected chi connectivity index (χ3v) is 2.63. The number of para-hydroxylation sites is 1. The Kier molecular flexibility index (Phi) is 4.76. The van der Waals surface area contributed by atoms with Crippen molar-refractivity contribution in [2.45, 2.75) is 6.92 Å². The summed E-state index contributed by atoms with van der Waals surface area (Å²) < 4.78 is 0. The fourth-order valence-electron chi connectivity index (χ4n) is 1.50. The van der Waals surface area contributed by atoms with Crippen LogP contribution in [-0.4, -0.2) is 22.5 Å². The topological polar surface area (TPSA) is 83.5 Å². The second kappa shape index (κ2) is 6.95. The second-order valence-electron chi connectivity index (χ2n) is 4.19. The maximum Gasteiger partial charge on any atom is 0.271 e. The average Bonchev–Trinajstić information content (AvgIpc) is 2.54. The van der Waals surface area contributed by atoms with E-state index in [2.05, 4.69) is 20.8 Å². The predicted octanol–water partition coefficient (Wildman–Crippen LogP) is 1.83. The molecular formula is C15H14N4O2. The number of pyridine rings is 1. The van der Waals surface area contributed by atoms with Gasteiger partial charge in [0.15, 0.2) is 0 Å². The van der Waals surface area contributed by atoms with Crippen LogP contribution in [0.15, 0.2) is 60.0 Å². The summed E-state index contributed by atoms with van der Waals surface area (Å²) in [6.45, 7) is 1.52. The summed E-state index contributed by atoms with van der Waals surface area (Å²) in [7, 11) is 0. The van der Waals surface area contributed by atoms with Crippen LogP contribution in [0.5, 0.6) is 0 Å². The standard InChI is InChI=1S/C15H14N4O2/c1-11(14(20)17-13-5-3-2-4-6-13)18-19-15(21)12-7-9-16-10-8-12/h2-10H,1H3,(H,17,20)(H,19,21). The number of carbonyl (C=O) groups excluding carboxylic acids is 2. The van der Waals surface area contributed by atoms with Gasteiger partial charge in [0.25, 0.3) is 11.8 Å². The molecule has 6 nitrogen and oxygen atoms in total. The van der Waals surface area contributed by atoms with E-state index in [0.717, 1.165) is 0 Å². The number of aromatic nitrogens is 1. The molecule has 1 heterocycles. The molecule has 1 aromatic heterocycles. The number of nitrogens with zero attached hydrogens (tertiary/aromatic N) is 2. The maximum absolute atomic E-state index is 11.9. The van der Waals surface area contributed by atoms with E-state index >= 15 is 0 Å². The Hall–Kier alpha value is -3.02. The van der Waals surface area contributed by atoms with Crippen LogP contribution in [-0.2, 0) is 4.79 Å². The van der Waals surface area contributed by atoms with Crippen molar-refractivity contribution in [3.05, 3.63) is 60.4 Å². The Labute approximate surface area is 121 Å². The number of benzene rings is 1. The zero-order chi connectivity index (χ0) is 15.1. The number of hydrazone groups is 1. The molecule has 2 rings (SSSR count). The molecule has 0 radical (unpaired) electrons. The largest absolute Gasteiger partial charge is 0.321 e. The van der Waals surface area contributed by atoms with Crippen molar-refractivity contribution in [2.24, 2.45) is 5.10 Å². The number of hydrogen-bond donors (Lipinski definition) is 2. The van der Waals surface area contributed by atoms with Crippen molar-refractivity contribution in [1.82, 2.24) is 10.4 Å². The van der Waals surface area contributed by atoms with Gasteiger partial charge >= 0.3 is 0 Å². The highest BCUT2D eigenvalue weighted by molar-refractivity contribution is 6.42. The van der Waals surface area contributed by atoms with E-state index < -0.39 is 5.91 Å². The fraction of sp³-hybridized carbons (Fsp3) is 0.0667. The first-order valence-electron chi connectivity index (χ1n) is 6.28. The molecule has 0 unspecified atom stereocenters. The summed E-state index contributed by atoms with van der Waals surface area (Å²) in [5.74, 6) is -0.777. The lowest BCUT2D eigenvalue weighted by Crippen LogP contribution is -2.25.